The maximum absolute atomic E-state index is 11.8. The summed E-state index contributed by atoms with van der Waals surface area (Å²) in [5.41, 5.74) is -0.558. The lowest BCUT2D eigenvalue weighted by Crippen LogP contribution is -2.49. The molecule has 0 spiro atoms. The van der Waals surface area contributed by atoms with Crippen LogP contribution in [0.1, 0.15) is 58.3 Å². The van der Waals surface area contributed by atoms with Gasteiger partial charge in [0.05, 0.1) is 6.07 Å². The molecule has 0 heterocycles. The van der Waals surface area contributed by atoms with Crippen LogP contribution < -0.4 is 5.32 Å². The summed E-state index contributed by atoms with van der Waals surface area (Å²) in [6.45, 7) is 2.20. The predicted molar refractivity (Wildman–Crippen MR) is 66.1 cm³/mol. The van der Waals surface area contributed by atoms with Crippen molar-refractivity contribution in [2.24, 2.45) is 11.8 Å². The predicted octanol–water partition coefficient (Wildman–Crippen LogP) is 2.77. The first-order valence-corrected chi connectivity index (χ1v) is 6.89. The highest BCUT2D eigenvalue weighted by atomic mass is 16.1. The van der Waals surface area contributed by atoms with Crippen molar-refractivity contribution in [2.75, 3.05) is 0 Å². The van der Waals surface area contributed by atoms with Gasteiger partial charge in [-0.25, -0.2) is 0 Å². The zero-order valence-electron chi connectivity index (χ0n) is 10.7. The summed E-state index contributed by atoms with van der Waals surface area (Å²) < 4.78 is 0. The topological polar surface area (TPSA) is 52.9 Å². The van der Waals surface area contributed by atoms with Crippen LogP contribution in [0.2, 0.25) is 0 Å². The number of hydrogen-bond acceptors (Lipinski definition) is 2. The van der Waals surface area contributed by atoms with Crippen molar-refractivity contribution >= 4 is 5.91 Å². The van der Waals surface area contributed by atoms with Crippen molar-refractivity contribution in [3.63, 3.8) is 0 Å². The van der Waals surface area contributed by atoms with Crippen LogP contribution in [0.3, 0.4) is 0 Å². The van der Waals surface area contributed by atoms with E-state index in [-0.39, 0.29) is 5.91 Å². The Morgan fingerprint density at radius 2 is 1.94 bits per heavy atom. The molecule has 0 aromatic heterocycles. The van der Waals surface area contributed by atoms with Gasteiger partial charge in [0.25, 0.3) is 0 Å². The molecule has 3 heteroatoms. The third-order valence-corrected chi connectivity index (χ3v) is 4.30. The minimum atomic E-state index is -0.558. The minimum Gasteiger partial charge on any atom is -0.338 e. The number of carbonyl (C=O) groups excluding carboxylic acids is 1. The van der Waals surface area contributed by atoms with E-state index in [1.807, 2.05) is 0 Å². The second-order valence-corrected chi connectivity index (χ2v) is 5.74. The van der Waals surface area contributed by atoms with Crippen LogP contribution in [-0.2, 0) is 4.79 Å². The molecule has 2 rings (SSSR count). The quantitative estimate of drug-likeness (QED) is 0.813. The van der Waals surface area contributed by atoms with E-state index >= 15 is 0 Å². The standard InChI is InChI=1S/C14H22N2O/c1-2-11-5-7-14(10-15,8-6-11)16-13(17)9-12-3-4-12/h11-12H,2-9H2,1H3,(H,16,17). The van der Waals surface area contributed by atoms with Gasteiger partial charge < -0.3 is 5.32 Å². The average Bonchev–Trinajstić information content (AvgIpc) is 3.13. The maximum atomic E-state index is 11.8. The molecule has 17 heavy (non-hydrogen) atoms. The van der Waals surface area contributed by atoms with Gasteiger partial charge in [-0.1, -0.05) is 13.3 Å². The molecule has 3 nitrogen and oxygen atoms in total. The summed E-state index contributed by atoms with van der Waals surface area (Å²) in [7, 11) is 0. The molecule has 1 N–H and O–H groups in total. The minimum absolute atomic E-state index is 0.0870. The van der Waals surface area contributed by atoms with Crippen molar-refractivity contribution in [3.05, 3.63) is 0 Å². The first-order valence-electron chi connectivity index (χ1n) is 6.89. The van der Waals surface area contributed by atoms with Crippen LogP contribution in [0.15, 0.2) is 0 Å². The van der Waals surface area contributed by atoms with E-state index in [0.29, 0.717) is 12.3 Å². The fraction of sp³-hybridized carbons (Fsp3) is 0.857. The van der Waals surface area contributed by atoms with E-state index in [2.05, 4.69) is 18.3 Å². The lowest BCUT2D eigenvalue weighted by Gasteiger charge is -2.35. The van der Waals surface area contributed by atoms with Gasteiger partial charge in [-0.2, -0.15) is 5.26 Å². The number of nitrogens with one attached hydrogen (secondary N) is 1. The fourth-order valence-electron chi connectivity index (χ4n) is 2.75. The Bertz CT molecular complexity index is 320. The summed E-state index contributed by atoms with van der Waals surface area (Å²) in [6.07, 6.45) is 8.01. The van der Waals surface area contributed by atoms with Crippen LogP contribution in [0.5, 0.6) is 0 Å². The number of nitriles is 1. The van der Waals surface area contributed by atoms with Crippen LogP contribution in [0.4, 0.5) is 0 Å². The van der Waals surface area contributed by atoms with Gasteiger partial charge in [-0.05, 0) is 50.4 Å². The molecule has 1 amide bonds. The van der Waals surface area contributed by atoms with Crippen molar-refractivity contribution in [2.45, 2.75) is 63.8 Å². The SMILES string of the molecule is CCC1CCC(C#N)(NC(=O)CC2CC2)CC1. The molecule has 94 valence electrons. The van der Waals surface area contributed by atoms with E-state index in [9.17, 15) is 10.1 Å². The van der Waals surface area contributed by atoms with Crippen LogP contribution >= 0.6 is 0 Å². The lowest BCUT2D eigenvalue weighted by molar-refractivity contribution is -0.123. The molecule has 0 aliphatic heterocycles. The first kappa shape index (κ1) is 12.4. The third kappa shape index (κ3) is 3.21. The summed E-state index contributed by atoms with van der Waals surface area (Å²) in [4.78, 5) is 11.8. The summed E-state index contributed by atoms with van der Waals surface area (Å²) in [5, 5.41) is 12.3. The molecule has 0 atom stereocenters. The Labute approximate surface area is 104 Å². The van der Waals surface area contributed by atoms with Gasteiger partial charge in [-0.15, -0.1) is 0 Å². The zero-order chi connectivity index (χ0) is 12.3. The molecular formula is C14H22N2O. The number of nitrogens with zero attached hydrogens (tertiary/aromatic N) is 1. The van der Waals surface area contributed by atoms with E-state index < -0.39 is 5.54 Å². The second-order valence-electron chi connectivity index (χ2n) is 5.74. The van der Waals surface area contributed by atoms with Gasteiger partial charge in [0.2, 0.25) is 5.91 Å². The van der Waals surface area contributed by atoms with Gasteiger partial charge >= 0.3 is 0 Å². The highest BCUT2D eigenvalue weighted by Gasteiger charge is 2.37. The lowest BCUT2D eigenvalue weighted by atomic mass is 9.76. The molecule has 0 saturated heterocycles. The van der Waals surface area contributed by atoms with E-state index in [0.717, 1.165) is 31.6 Å². The first-order chi connectivity index (χ1) is 8.17. The molecule has 0 aromatic carbocycles. The van der Waals surface area contributed by atoms with Crippen LogP contribution in [0, 0.1) is 23.2 Å². The molecule has 2 aliphatic rings. The van der Waals surface area contributed by atoms with Gasteiger partial charge in [0, 0.05) is 6.42 Å². The fourth-order valence-corrected chi connectivity index (χ4v) is 2.75. The highest BCUT2D eigenvalue weighted by Crippen LogP contribution is 2.35. The summed E-state index contributed by atoms with van der Waals surface area (Å²) in [6, 6.07) is 2.35. The summed E-state index contributed by atoms with van der Waals surface area (Å²) >= 11 is 0. The molecule has 0 unspecified atom stereocenters. The largest absolute Gasteiger partial charge is 0.338 e. The molecular weight excluding hydrogens is 212 g/mol. The monoisotopic (exact) mass is 234 g/mol. The smallest absolute Gasteiger partial charge is 0.221 e. The Kier molecular flexibility index (Phi) is 3.71. The Hall–Kier alpha value is -1.04. The van der Waals surface area contributed by atoms with Gasteiger partial charge in [0.1, 0.15) is 5.54 Å². The third-order valence-electron chi connectivity index (χ3n) is 4.30. The Balaban J connectivity index is 1.86. The molecule has 0 aromatic rings. The van der Waals surface area contributed by atoms with E-state index in [4.69, 9.17) is 0 Å². The van der Waals surface area contributed by atoms with Gasteiger partial charge in [-0.3, -0.25) is 4.79 Å². The molecule has 2 aliphatic carbocycles. The number of hydrogen-bond donors (Lipinski definition) is 1. The molecule has 0 bridgehead atoms. The average molecular weight is 234 g/mol. The normalized spacial score (nSPS) is 32.8. The Morgan fingerprint density at radius 1 is 1.29 bits per heavy atom. The van der Waals surface area contributed by atoms with E-state index in [1.54, 1.807) is 0 Å². The Morgan fingerprint density at radius 3 is 2.41 bits per heavy atom. The van der Waals surface area contributed by atoms with Crippen LogP contribution in [-0.4, -0.2) is 11.4 Å². The second kappa shape index (κ2) is 5.08. The van der Waals surface area contributed by atoms with Crippen molar-refractivity contribution in [1.82, 2.24) is 5.32 Å². The highest BCUT2D eigenvalue weighted by molar-refractivity contribution is 5.77. The number of carbonyl (C=O) groups is 1. The maximum Gasteiger partial charge on any atom is 0.221 e. The molecule has 2 fully saturated rings. The van der Waals surface area contributed by atoms with Crippen LogP contribution in [0.25, 0.3) is 0 Å². The summed E-state index contributed by atoms with van der Waals surface area (Å²) in [5.74, 6) is 1.43. The van der Waals surface area contributed by atoms with Crippen molar-refractivity contribution in [1.29, 1.82) is 5.26 Å². The number of rotatable bonds is 4. The van der Waals surface area contributed by atoms with Crippen molar-refractivity contribution < 1.29 is 4.79 Å². The zero-order valence-corrected chi connectivity index (χ0v) is 10.7. The van der Waals surface area contributed by atoms with Gasteiger partial charge in [0.15, 0.2) is 0 Å². The molecule has 0 radical (unpaired) electrons. The van der Waals surface area contributed by atoms with E-state index in [1.165, 1.54) is 19.3 Å². The number of amides is 1. The molecule has 2 saturated carbocycles. The van der Waals surface area contributed by atoms with Crippen molar-refractivity contribution in [3.8, 4) is 6.07 Å².